The number of phenolic OH excluding ortho intramolecular Hbond substituents is 2. The minimum Gasteiger partial charge on any atom is -0.507 e. The summed E-state index contributed by atoms with van der Waals surface area (Å²) in [5.74, 6) is 0.684. The molecular formula is C29H44O2. The second-order valence-electron chi connectivity index (χ2n) is 10.2. The third-order valence-electron chi connectivity index (χ3n) is 7.94. The van der Waals surface area contributed by atoms with Gasteiger partial charge in [-0.25, -0.2) is 0 Å². The van der Waals surface area contributed by atoms with Crippen LogP contribution in [0.2, 0.25) is 0 Å². The van der Waals surface area contributed by atoms with E-state index in [1.807, 2.05) is 0 Å². The number of aryl methyl sites for hydroxylation is 2. The molecular weight excluding hydrogens is 380 g/mol. The van der Waals surface area contributed by atoms with E-state index in [4.69, 9.17) is 0 Å². The molecule has 2 nitrogen and oxygen atoms in total. The zero-order valence-electron chi connectivity index (χ0n) is 21.3. The lowest BCUT2D eigenvalue weighted by Crippen LogP contribution is -2.22. The summed E-state index contributed by atoms with van der Waals surface area (Å²) >= 11 is 0. The molecule has 0 saturated carbocycles. The molecule has 0 heterocycles. The van der Waals surface area contributed by atoms with Gasteiger partial charge < -0.3 is 10.2 Å². The maximum Gasteiger partial charge on any atom is 0.123 e. The summed E-state index contributed by atoms with van der Waals surface area (Å²) < 4.78 is 0. The molecule has 0 aliphatic heterocycles. The average Bonchev–Trinajstić information content (AvgIpc) is 2.75. The van der Waals surface area contributed by atoms with Gasteiger partial charge in [-0.15, -0.1) is 0 Å². The minimum absolute atomic E-state index is 0.0534. The highest BCUT2D eigenvalue weighted by atomic mass is 16.3. The molecule has 0 aliphatic carbocycles. The van der Waals surface area contributed by atoms with E-state index in [0.29, 0.717) is 11.5 Å². The number of phenols is 2. The summed E-state index contributed by atoms with van der Waals surface area (Å²) in [5.41, 5.74) is 6.07. The Balaban J connectivity index is 2.71. The predicted molar refractivity (Wildman–Crippen MR) is 134 cm³/mol. The fourth-order valence-corrected chi connectivity index (χ4v) is 5.05. The zero-order valence-corrected chi connectivity index (χ0v) is 21.3. The van der Waals surface area contributed by atoms with Crippen LogP contribution in [0.5, 0.6) is 11.5 Å². The van der Waals surface area contributed by atoms with Crippen molar-refractivity contribution in [3.63, 3.8) is 0 Å². The van der Waals surface area contributed by atoms with Crippen molar-refractivity contribution >= 4 is 0 Å². The normalized spacial score (nSPS) is 15.0. The third kappa shape index (κ3) is 4.78. The maximum absolute atomic E-state index is 11.4. The van der Waals surface area contributed by atoms with Gasteiger partial charge in [0.15, 0.2) is 0 Å². The van der Waals surface area contributed by atoms with E-state index in [1.165, 1.54) is 0 Å². The van der Waals surface area contributed by atoms with Crippen LogP contribution in [0.25, 0.3) is 0 Å². The molecule has 2 heteroatoms. The van der Waals surface area contributed by atoms with E-state index in [0.717, 1.165) is 65.5 Å². The molecule has 0 aliphatic rings. The lowest BCUT2D eigenvalue weighted by atomic mass is 9.73. The van der Waals surface area contributed by atoms with Gasteiger partial charge in [-0.3, -0.25) is 0 Å². The first-order chi connectivity index (χ1) is 14.5. The standard InChI is InChI=1S/C29H44O2/c1-10-14-29(9,13-4)25-18-20(6)16-23(27(25)31)21(7)22-15-19(5)17-24(26(22)30)28(8,11-2)12-3/h15-18,21,30-31H,10-14H2,1-9H3. The molecule has 2 unspecified atom stereocenters. The minimum atomic E-state index is -0.0991. The van der Waals surface area contributed by atoms with E-state index >= 15 is 0 Å². The van der Waals surface area contributed by atoms with E-state index in [9.17, 15) is 10.2 Å². The van der Waals surface area contributed by atoms with Crippen LogP contribution in [0.3, 0.4) is 0 Å². The second kappa shape index (κ2) is 9.67. The highest BCUT2D eigenvalue weighted by Gasteiger charge is 2.32. The number of aromatic hydroxyl groups is 2. The van der Waals surface area contributed by atoms with Gasteiger partial charge in [0.05, 0.1) is 0 Å². The van der Waals surface area contributed by atoms with Crippen LogP contribution in [0.15, 0.2) is 24.3 Å². The predicted octanol–water partition coefficient (Wildman–Crippen LogP) is 8.41. The van der Waals surface area contributed by atoms with Crippen LogP contribution in [0.1, 0.15) is 120 Å². The van der Waals surface area contributed by atoms with Crippen molar-refractivity contribution in [1.29, 1.82) is 0 Å². The highest BCUT2D eigenvalue weighted by molar-refractivity contribution is 5.56. The average molecular weight is 425 g/mol. The zero-order chi connectivity index (χ0) is 23.6. The molecule has 0 saturated heterocycles. The van der Waals surface area contributed by atoms with Crippen molar-refractivity contribution < 1.29 is 10.2 Å². The fraction of sp³-hybridized carbons (Fsp3) is 0.586. The van der Waals surface area contributed by atoms with Crippen molar-refractivity contribution in [2.75, 3.05) is 0 Å². The molecule has 0 bridgehead atoms. The molecule has 172 valence electrons. The van der Waals surface area contributed by atoms with Gasteiger partial charge in [-0.1, -0.05) is 90.3 Å². The van der Waals surface area contributed by atoms with Gasteiger partial charge in [-0.2, -0.15) is 0 Å². The third-order valence-corrected chi connectivity index (χ3v) is 7.94. The quantitative estimate of drug-likeness (QED) is 0.424. The van der Waals surface area contributed by atoms with Gasteiger partial charge in [0.2, 0.25) is 0 Å². The molecule has 2 N–H and O–H groups in total. The van der Waals surface area contributed by atoms with Gasteiger partial charge in [-0.05, 0) is 50.4 Å². The number of hydrogen-bond acceptors (Lipinski definition) is 2. The van der Waals surface area contributed by atoms with Crippen molar-refractivity contribution in [3.05, 3.63) is 57.6 Å². The van der Waals surface area contributed by atoms with Crippen LogP contribution < -0.4 is 0 Å². The van der Waals surface area contributed by atoms with Crippen LogP contribution >= 0.6 is 0 Å². The molecule has 0 amide bonds. The van der Waals surface area contributed by atoms with E-state index in [-0.39, 0.29) is 16.7 Å². The summed E-state index contributed by atoms with van der Waals surface area (Å²) in [6.45, 7) is 19.6. The van der Waals surface area contributed by atoms with Crippen molar-refractivity contribution in [2.45, 2.75) is 111 Å². The Hall–Kier alpha value is -1.96. The second-order valence-corrected chi connectivity index (χ2v) is 10.2. The molecule has 31 heavy (non-hydrogen) atoms. The smallest absolute Gasteiger partial charge is 0.123 e. The van der Waals surface area contributed by atoms with Gasteiger partial charge >= 0.3 is 0 Å². The number of benzene rings is 2. The Morgan fingerprint density at radius 2 is 1.10 bits per heavy atom. The molecule has 2 atom stereocenters. The van der Waals surface area contributed by atoms with Crippen LogP contribution in [0, 0.1) is 13.8 Å². The Morgan fingerprint density at radius 1 is 0.710 bits per heavy atom. The number of hydrogen-bond donors (Lipinski definition) is 2. The SMILES string of the molecule is CCCC(C)(CC)c1cc(C)cc(C(C)c2cc(C)cc(C(C)(CC)CC)c2O)c1O. The first kappa shape index (κ1) is 25.3. The summed E-state index contributed by atoms with van der Waals surface area (Å²) in [6, 6.07) is 8.46. The summed E-state index contributed by atoms with van der Waals surface area (Å²) in [6.07, 6.45) is 5.05. The maximum atomic E-state index is 11.4. The molecule has 0 radical (unpaired) electrons. The van der Waals surface area contributed by atoms with Crippen molar-refractivity contribution in [1.82, 2.24) is 0 Å². The van der Waals surface area contributed by atoms with Crippen LogP contribution in [0.4, 0.5) is 0 Å². The Labute approximate surface area is 190 Å². The van der Waals surface area contributed by atoms with E-state index in [1.54, 1.807) is 0 Å². The van der Waals surface area contributed by atoms with E-state index in [2.05, 4.69) is 86.6 Å². The van der Waals surface area contributed by atoms with Crippen molar-refractivity contribution in [3.8, 4) is 11.5 Å². The lowest BCUT2D eigenvalue weighted by molar-refractivity contribution is 0.378. The van der Waals surface area contributed by atoms with Crippen molar-refractivity contribution in [2.24, 2.45) is 0 Å². The first-order valence-electron chi connectivity index (χ1n) is 12.2. The summed E-state index contributed by atoms with van der Waals surface area (Å²) in [7, 11) is 0. The summed E-state index contributed by atoms with van der Waals surface area (Å²) in [4.78, 5) is 0. The fourth-order valence-electron chi connectivity index (χ4n) is 5.05. The lowest BCUT2D eigenvalue weighted by Gasteiger charge is -2.32. The topological polar surface area (TPSA) is 40.5 Å². The highest BCUT2D eigenvalue weighted by Crippen LogP contribution is 2.47. The monoisotopic (exact) mass is 424 g/mol. The molecule has 2 aromatic rings. The van der Waals surface area contributed by atoms with Gasteiger partial charge in [0.25, 0.3) is 0 Å². The Kier molecular flexibility index (Phi) is 7.89. The van der Waals surface area contributed by atoms with Gasteiger partial charge in [0.1, 0.15) is 11.5 Å². The largest absolute Gasteiger partial charge is 0.507 e. The van der Waals surface area contributed by atoms with Crippen LogP contribution in [-0.4, -0.2) is 10.2 Å². The summed E-state index contributed by atoms with van der Waals surface area (Å²) in [5, 5.41) is 22.8. The first-order valence-corrected chi connectivity index (χ1v) is 12.2. The van der Waals surface area contributed by atoms with E-state index < -0.39 is 0 Å². The van der Waals surface area contributed by atoms with Gasteiger partial charge in [0, 0.05) is 28.2 Å². The Bertz CT molecular complexity index is 907. The molecule has 0 aromatic heterocycles. The van der Waals surface area contributed by atoms with Crippen LogP contribution in [-0.2, 0) is 10.8 Å². The molecule has 0 spiro atoms. The molecule has 2 aromatic carbocycles. The Morgan fingerprint density at radius 3 is 1.45 bits per heavy atom. The molecule has 2 rings (SSSR count). The molecule has 0 fully saturated rings. The number of rotatable bonds is 9.